The molecular formula is C22H22ClFN6O4S. The van der Waals surface area contributed by atoms with Crippen LogP contribution in [-0.2, 0) is 26.3 Å². The molecule has 1 aromatic heterocycles. The van der Waals surface area contributed by atoms with E-state index in [0.717, 1.165) is 16.1 Å². The molecule has 2 heterocycles. The van der Waals surface area contributed by atoms with Crippen LogP contribution in [0.15, 0.2) is 61.1 Å². The molecule has 1 fully saturated rings. The fourth-order valence-corrected chi connectivity index (χ4v) is 5.01. The Labute approximate surface area is 206 Å². The molecule has 35 heavy (non-hydrogen) atoms. The first-order chi connectivity index (χ1) is 16.6. The molecule has 0 aliphatic carbocycles. The Balaban J connectivity index is 1.41. The fourth-order valence-electron chi connectivity index (χ4n) is 3.58. The maximum Gasteiger partial charge on any atom is 0.280 e. The molecule has 1 aliphatic heterocycles. The van der Waals surface area contributed by atoms with Crippen molar-refractivity contribution in [3.63, 3.8) is 0 Å². The van der Waals surface area contributed by atoms with Crippen LogP contribution in [0.2, 0.25) is 5.02 Å². The zero-order valence-corrected chi connectivity index (χ0v) is 20.1. The summed E-state index contributed by atoms with van der Waals surface area (Å²) in [5.74, 6) is -1.94. The van der Waals surface area contributed by atoms with Gasteiger partial charge >= 0.3 is 0 Å². The third-order valence-corrected chi connectivity index (χ3v) is 7.39. The lowest BCUT2D eigenvalue weighted by atomic mass is 10.1. The van der Waals surface area contributed by atoms with E-state index in [1.807, 2.05) is 30.3 Å². The summed E-state index contributed by atoms with van der Waals surface area (Å²) < 4.78 is 43.4. The molecule has 184 valence electrons. The summed E-state index contributed by atoms with van der Waals surface area (Å²) >= 11 is 5.74. The molecule has 2 atom stereocenters. The highest BCUT2D eigenvalue weighted by molar-refractivity contribution is 7.87. The van der Waals surface area contributed by atoms with E-state index in [9.17, 15) is 22.4 Å². The summed E-state index contributed by atoms with van der Waals surface area (Å²) in [5, 5.41) is 4.98. The molecule has 3 N–H and O–H groups in total. The number of anilines is 1. The third kappa shape index (κ3) is 5.68. The van der Waals surface area contributed by atoms with Gasteiger partial charge in [0.05, 0.1) is 23.6 Å². The summed E-state index contributed by atoms with van der Waals surface area (Å²) in [7, 11) is -2.89. The Morgan fingerprint density at radius 2 is 1.94 bits per heavy atom. The molecule has 1 aliphatic rings. The Bertz CT molecular complexity index is 1350. The Kier molecular flexibility index (Phi) is 7.17. The van der Waals surface area contributed by atoms with E-state index in [1.54, 1.807) is 17.1 Å². The predicted octanol–water partition coefficient (Wildman–Crippen LogP) is 1.83. The minimum atomic E-state index is -4.12. The number of rotatable bonds is 6. The van der Waals surface area contributed by atoms with Crippen LogP contribution in [0.3, 0.4) is 0 Å². The second-order valence-electron chi connectivity index (χ2n) is 7.89. The van der Waals surface area contributed by atoms with Crippen molar-refractivity contribution in [3.05, 3.63) is 77.6 Å². The molecule has 0 saturated carbocycles. The lowest BCUT2D eigenvalue weighted by molar-refractivity contribution is -0.124. The first kappa shape index (κ1) is 24.8. The quantitative estimate of drug-likeness (QED) is 0.457. The second kappa shape index (κ2) is 10.1. The van der Waals surface area contributed by atoms with Gasteiger partial charge < -0.3 is 15.2 Å². The monoisotopic (exact) mass is 520 g/mol. The van der Waals surface area contributed by atoms with E-state index < -0.39 is 39.9 Å². The third-order valence-electron chi connectivity index (χ3n) is 5.51. The van der Waals surface area contributed by atoms with E-state index >= 15 is 0 Å². The number of likely N-dealkylation sites (N-methyl/N-ethyl adjacent to an activating group) is 1. The molecule has 2 unspecified atom stereocenters. The average molecular weight is 521 g/mol. The van der Waals surface area contributed by atoms with Gasteiger partial charge in [0.15, 0.2) is 0 Å². The smallest absolute Gasteiger partial charge is 0.280 e. The van der Waals surface area contributed by atoms with Crippen molar-refractivity contribution in [1.82, 2.24) is 23.9 Å². The maximum atomic E-state index is 13.4. The van der Waals surface area contributed by atoms with Crippen molar-refractivity contribution >= 4 is 39.3 Å². The minimum Gasteiger partial charge on any atom is -0.349 e. The number of hydrogen-bond acceptors (Lipinski definition) is 5. The van der Waals surface area contributed by atoms with E-state index in [4.69, 9.17) is 11.6 Å². The van der Waals surface area contributed by atoms with Crippen LogP contribution in [0.25, 0.3) is 5.69 Å². The van der Waals surface area contributed by atoms with Crippen LogP contribution in [0, 0.1) is 5.82 Å². The number of benzene rings is 2. The molecule has 2 aromatic carbocycles. The van der Waals surface area contributed by atoms with Gasteiger partial charge in [-0.2, -0.15) is 17.4 Å². The van der Waals surface area contributed by atoms with Crippen molar-refractivity contribution in [2.24, 2.45) is 0 Å². The molecule has 0 bridgehead atoms. The lowest BCUT2D eigenvalue weighted by Crippen LogP contribution is -2.62. The van der Waals surface area contributed by atoms with Crippen LogP contribution in [0.1, 0.15) is 12.1 Å². The zero-order chi connectivity index (χ0) is 25.2. The average Bonchev–Trinajstić information content (AvgIpc) is 3.31. The van der Waals surface area contributed by atoms with E-state index in [1.165, 1.54) is 19.2 Å². The summed E-state index contributed by atoms with van der Waals surface area (Å²) in [6.45, 7) is 0.0671. The Morgan fingerprint density at radius 1 is 1.20 bits per heavy atom. The summed E-state index contributed by atoms with van der Waals surface area (Å²) in [6, 6.07) is 10.7. The Morgan fingerprint density at radius 3 is 2.66 bits per heavy atom. The first-order valence-electron chi connectivity index (χ1n) is 10.5. The Hall–Kier alpha value is -3.32. The van der Waals surface area contributed by atoms with Crippen LogP contribution in [-0.4, -0.2) is 53.2 Å². The van der Waals surface area contributed by atoms with Crippen LogP contribution in [0.4, 0.5) is 10.1 Å². The number of imidazole rings is 1. The number of nitrogens with zero attached hydrogens (tertiary/aromatic N) is 3. The predicted molar refractivity (Wildman–Crippen MR) is 127 cm³/mol. The highest BCUT2D eigenvalue weighted by Crippen LogP contribution is 2.22. The zero-order valence-electron chi connectivity index (χ0n) is 18.5. The fraction of sp³-hybridized carbons (Fsp3) is 0.227. The molecular weight excluding hydrogens is 499 g/mol. The molecule has 13 heteroatoms. The van der Waals surface area contributed by atoms with Crippen molar-refractivity contribution < 1.29 is 22.4 Å². The van der Waals surface area contributed by atoms with Crippen molar-refractivity contribution in [2.75, 3.05) is 12.4 Å². The van der Waals surface area contributed by atoms with Crippen molar-refractivity contribution in [3.8, 4) is 5.69 Å². The van der Waals surface area contributed by atoms with Gasteiger partial charge in [0.25, 0.3) is 10.2 Å². The van der Waals surface area contributed by atoms with Gasteiger partial charge in [0.2, 0.25) is 11.8 Å². The van der Waals surface area contributed by atoms with E-state index in [-0.39, 0.29) is 23.7 Å². The number of hydrogen-bond donors (Lipinski definition) is 3. The minimum absolute atomic E-state index is 0.0671. The van der Waals surface area contributed by atoms with Crippen molar-refractivity contribution in [1.29, 1.82) is 0 Å². The normalized spacial score (nSPS) is 19.7. The van der Waals surface area contributed by atoms with Gasteiger partial charge in [-0.1, -0.05) is 29.8 Å². The standard InChI is InChI=1S/C22H22ClFN6O4S/c1-29-20(22(32)27-14-7-8-18(24)17(23)9-14)10-19(28-35(29,33)34)21(31)25-11-15-12-30(13-26-15)16-5-3-2-4-6-16/h2-9,12-13,19-20,28H,10-11H2,1H3,(H,25,31)(H,27,32). The highest BCUT2D eigenvalue weighted by Gasteiger charge is 2.42. The number of carbonyl (C=O) groups excluding carboxylic acids is 2. The molecule has 10 nitrogen and oxygen atoms in total. The molecule has 0 radical (unpaired) electrons. The van der Waals surface area contributed by atoms with E-state index in [0.29, 0.717) is 5.69 Å². The molecule has 1 saturated heterocycles. The van der Waals surface area contributed by atoms with Crippen LogP contribution < -0.4 is 15.4 Å². The topological polar surface area (TPSA) is 125 Å². The molecule has 2 amide bonds. The van der Waals surface area contributed by atoms with Gasteiger partial charge in [0, 0.05) is 24.6 Å². The number of nitrogens with one attached hydrogen (secondary N) is 3. The highest BCUT2D eigenvalue weighted by atomic mass is 35.5. The van der Waals surface area contributed by atoms with Gasteiger partial charge in [-0.3, -0.25) is 9.59 Å². The number of para-hydroxylation sites is 1. The molecule has 0 spiro atoms. The van der Waals surface area contributed by atoms with E-state index in [2.05, 4.69) is 20.3 Å². The number of amides is 2. The number of aromatic nitrogens is 2. The number of carbonyl (C=O) groups is 2. The molecule has 3 aromatic rings. The van der Waals surface area contributed by atoms with Crippen LogP contribution in [0.5, 0.6) is 0 Å². The second-order valence-corrected chi connectivity index (χ2v) is 10.1. The van der Waals surface area contributed by atoms with Gasteiger partial charge in [0.1, 0.15) is 17.9 Å². The van der Waals surface area contributed by atoms with Crippen LogP contribution >= 0.6 is 11.6 Å². The largest absolute Gasteiger partial charge is 0.349 e. The summed E-state index contributed by atoms with van der Waals surface area (Å²) in [5.41, 5.74) is 1.66. The molecule has 4 rings (SSSR count). The maximum absolute atomic E-state index is 13.4. The summed E-state index contributed by atoms with van der Waals surface area (Å²) in [6.07, 6.45) is 3.23. The number of halogens is 2. The van der Waals surface area contributed by atoms with Gasteiger partial charge in [-0.05, 0) is 36.8 Å². The van der Waals surface area contributed by atoms with Gasteiger partial charge in [-0.15, -0.1) is 0 Å². The first-order valence-corrected chi connectivity index (χ1v) is 12.3. The summed E-state index contributed by atoms with van der Waals surface area (Å²) in [4.78, 5) is 29.8. The van der Waals surface area contributed by atoms with Crippen molar-refractivity contribution in [2.45, 2.75) is 25.0 Å². The van der Waals surface area contributed by atoms with Gasteiger partial charge in [-0.25, -0.2) is 9.37 Å². The SMILES string of the molecule is CN1C(C(=O)Nc2ccc(F)c(Cl)c2)CC(C(=O)NCc2cn(-c3ccccc3)cn2)NS1(=O)=O. The lowest BCUT2D eigenvalue weighted by Gasteiger charge is -2.35.